The molecule has 3 atom stereocenters. The number of hydrogen-bond donors (Lipinski definition) is 2. The number of likely N-dealkylation sites (N-methyl/N-ethyl adjacent to an activating group) is 1. The van der Waals surface area contributed by atoms with Crippen molar-refractivity contribution in [3.05, 3.63) is 137 Å². The third kappa shape index (κ3) is 5.62. The van der Waals surface area contributed by atoms with Crippen molar-refractivity contribution in [2.75, 3.05) is 18.6 Å². The highest BCUT2D eigenvalue weighted by atomic mass is 19.2. The zero-order valence-electron chi connectivity index (χ0n) is 22.0. The summed E-state index contributed by atoms with van der Waals surface area (Å²) in [7, 11) is 1.58. The molecule has 0 spiro atoms. The number of halogens is 3. The van der Waals surface area contributed by atoms with Crippen LogP contribution in [0.1, 0.15) is 34.1 Å². The smallest absolute Gasteiger partial charge is 0.272 e. The summed E-state index contributed by atoms with van der Waals surface area (Å²) in [5.74, 6) is -6.25. The second-order valence-electron chi connectivity index (χ2n) is 9.66. The number of aliphatic imine (C=N–C) groups is 1. The standard InChI is InChI=1S/C32H26F3N3O3/c1-38-27-10-6-5-9-23(27)29(20-7-3-2-4-8-20)36-30(32(38)41)37-31(40)28(19-11-14-22(33)15-12-19)24(18-39)21-13-16-25(34)26(35)17-21/h2-17,24,28,30,39H,18H2,1H3,(H,37,40)/t24-,28+,30-/m1/s1. The molecule has 4 aromatic rings. The largest absolute Gasteiger partial charge is 0.396 e. The van der Waals surface area contributed by atoms with Crippen LogP contribution in [-0.4, -0.2) is 42.5 Å². The first-order valence-corrected chi connectivity index (χ1v) is 12.9. The molecule has 0 unspecified atom stereocenters. The van der Waals surface area contributed by atoms with Crippen LogP contribution < -0.4 is 10.2 Å². The molecule has 6 nitrogen and oxygen atoms in total. The minimum Gasteiger partial charge on any atom is -0.396 e. The highest BCUT2D eigenvalue weighted by molar-refractivity contribution is 6.20. The van der Waals surface area contributed by atoms with Gasteiger partial charge in [-0.1, -0.05) is 66.7 Å². The summed E-state index contributed by atoms with van der Waals surface area (Å²) in [5.41, 5.74) is 2.96. The molecule has 0 saturated heterocycles. The molecule has 4 aromatic carbocycles. The minimum absolute atomic E-state index is 0.154. The second kappa shape index (κ2) is 11.8. The zero-order chi connectivity index (χ0) is 29.1. The summed E-state index contributed by atoms with van der Waals surface area (Å²) < 4.78 is 41.7. The highest BCUT2D eigenvalue weighted by Gasteiger charge is 2.36. The second-order valence-corrected chi connectivity index (χ2v) is 9.66. The maximum Gasteiger partial charge on any atom is 0.272 e. The van der Waals surface area contributed by atoms with Crippen LogP contribution in [0, 0.1) is 17.5 Å². The molecule has 208 valence electrons. The molecule has 0 saturated carbocycles. The van der Waals surface area contributed by atoms with Crippen LogP contribution in [0.4, 0.5) is 18.9 Å². The average molecular weight is 558 g/mol. The maximum atomic E-state index is 14.2. The predicted molar refractivity (Wildman–Crippen MR) is 149 cm³/mol. The highest BCUT2D eigenvalue weighted by Crippen LogP contribution is 2.35. The number of benzene rings is 4. The normalized spacial score (nSPS) is 16.3. The van der Waals surface area contributed by atoms with Crippen molar-refractivity contribution in [1.29, 1.82) is 0 Å². The van der Waals surface area contributed by atoms with Crippen molar-refractivity contribution < 1.29 is 27.9 Å². The molecule has 5 rings (SSSR count). The number of aliphatic hydroxyl groups is 1. The van der Waals surface area contributed by atoms with Gasteiger partial charge in [0, 0.05) is 24.1 Å². The number of anilines is 1. The summed E-state index contributed by atoms with van der Waals surface area (Å²) in [6.45, 7) is -0.622. The molecule has 0 aromatic heterocycles. The third-order valence-electron chi connectivity index (χ3n) is 7.15. The number of fused-ring (bicyclic) bond motifs is 1. The van der Waals surface area contributed by atoms with Gasteiger partial charge in [0.25, 0.3) is 5.91 Å². The monoisotopic (exact) mass is 557 g/mol. The number of benzodiazepines with no additional fused rings is 1. The number of hydrogen-bond acceptors (Lipinski definition) is 4. The van der Waals surface area contributed by atoms with Gasteiger partial charge >= 0.3 is 0 Å². The lowest BCUT2D eigenvalue weighted by atomic mass is 9.81. The first-order valence-electron chi connectivity index (χ1n) is 12.9. The van der Waals surface area contributed by atoms with E-state index in [2.05, 4.69) is 5.32 Å². The number of para-hydroxylation sites is 1. The van der Waals surface area contributed by atoms with Gasteiger partial charge in [-0.05, 0) is 41.5 Å². The van der Waals surface area contributed by atoms with Crippen molar-refractivity contribution >= 4 is 23.2 Å². The van der Waals surface area contributed by atoms with Crippen LogP contribution in [0.5, 0.6) is 0 Å². The Kier molecular flexibility index (Phi) is 7.98. The first kappa shape index (κ1) is 27.8. The quantitative estimate of drug-likeness (QED) is 0.339. The van der Waals surface area contributed by atoms with Gasteiger partial charge in [-0.3, -0.25) is 9.59 Å². The fourth-order valence-corrected chi connectivity index (χ4v) is 5.05. The molecule has 41 heavy (non-hydrogen) atoms. The van der Waals surface area contributed by atoms with Crippen LogP contribution in [0.25, 0.3) is 0 Å². The van der Waals surface area contributed by atoms with Gasteiger partial charge in [-0.25, -0.2) is 18.2 Å². The molecule has 1 heterocycles. The van der Waals surface area contributed by atoms with Crippen molar-refractivity contribution in [2.24, 2.45) is 4.99 Å². The SMILES string of the molecule is CN1C(=O)[C@@H](NC(=O)[C@@H](c2ccc(F)cc2)[C@H](CO)c2ccc(F)c(F)c2)N=C(c2ccccc2)c2ccccc21. The van der Waals surface area contributed by atoms with E-state index in [1.807, 2.05) is 42.5 Å². The van der Waals surface area contributed by atoms with E-state index >= 15 is 0 Å². The lowest BCUT2D eigenvalue weighted by Gasteiger charge is -2.28. The average Bonchev–Trinajstić information content (AvgIpc) is 3.09. The molecular weight excluding hydrogens is 531 g/mol. The topological polar surface area (TPSA) is 82.0 Å². The van der Waals surface area contributed by atoms with Crippen LogP contribution in [0.15, 0.2) is 102 Å². The molecule has 0 radical (unpaired) electrons. The van der Waals surface area contributed by atoms with E-state index in [4.69, 9.17) is 4.99 Å². The van der Waals surface area contributed by atoms with E-state index in [0.29, 0.717) is 22.5 Å². The fourth-order valence-electron chi connectivity index (χ4n) is 5.05. The van der Waals surface area contributed by atoms with Crippen molar-refractivity contribution in [2.45, 2.75) is 18.0 Å². The van der Waals surface area contributed by atoms with Gasteiger partial charge in [0.15, 0.2) is 11.6 Å². The molecule has 1 aliphatic heterocycles. The van der Waals surface area contributed by atoms with E-state index in [1.54, 1.807) is 19.2 Å². The number of carbonyl (C=O) groups excluding carboxylic acids is 2. The van der Waals surface area contributed by atoms with Gasteiger partial charge in [0.05, 0.1) is 23.9 Å². The summed E-state index contributed by atoms with van der Waals surface area (Å²) in [6, 6.07) is 24.6. The van der Waals surface area contributed by atoms with Gasteiger partial charge in [0.1, 0.15) is 5.82 Å². The zero-order valence-corrected chi connectivity index (χ0v) is 22.0. The third-order valence-corrected chi connectivity index (χ3v) is 7.15. The number of amides is 2. The Labute approximate surface area is 234 Å². The van der Waals surface area contributed by atoms with Crippen LogP contribution in [0.3, 0.4) is 0 Å². The van der Waals surface area contributed by atoms with E-state index < -0.39 is 53.9 Å². The number of nitrogens with one attached hydrogen (secondary N) is 1. The summed E-state index contributed by atoms with van der Waals surface area (Å²) in [4.78, 5) is 33.7. The Morgan fingerprint density at radius 2 is 1.56 bits per heavy atom. The van der Waals surface area contributed by atoms with Gasteiger partial charge in [0.2, 0.25) is 12.1 Å². The lowest BCUT2D eigenvalue weighted by Crippen LogP contribution is -2.48. The van der Waals surface area contributed by atoms with Gasteiger partial charge in [-0.15, -0.1) is 0 Å². The number of carbonyl (C=O) groups is 2. The summed E-state index contributed by atoms with van der Waals surface area (Å²) in [6.07, 6.45) is -1.36. The molecule has 0 fully saturated rings. The van der Waals surface area contributed by atoms with Crippen LogP contribution in [-0.2, 0) is 9.59 Å². The van der Waals surface area contributed by atoms with E-state index in [1.165, 1.54) is 23.1 Å². The van der Waals surface area contributed by atoms with Crippen molar-refractivity contribution in [1.82, 2.24) is 5.32 Å². The molecule has 0 bridgehead atoms. The maximum absolute atomic E-state index is 14.2. The lowest BCUT2D eigenvalue weighted by molar-refractivity contribution is -0.128. The van der Waals surface area contributed by atoms with Crippen LogP contribution >= 0.6 is 0 Å². The summed E-state index contributed by atoms with van der Waals surface area (Å²) >= 11 is 0. The minimum atomic E-state index is -1.36. The molecule has 9 heteroatoms. The van der Waals surface area contributed by atoms with Crippen LogP contribution in [0.2, 0.25) is 0 Å². The van der Waals surface area contributed by atoms with Gasteiger partial charge < -0.3 is 15.3 Å². The van der Waals surface area contributed by atoms with Crippen molar-refractivity contribution in [3.8, 4) is 0 Å². The van der Waals surface area contributed by atoms with E-state index in [9.17, 15) is 27.9 Å². The number of rotatable bonds is 7. The van der Waals surface area contributed by atoms with E-state index in [0.717, 1.165) is 29.8 Å². The Morgan fingerprint density at radius 1 is 0.902 bits per heavy atom. The molecular formula is C32H26F3N3O3. The molecule has 2 amide bonds. The predicted octanol–water partition coefficient (Wildman–Crippen LogP) is 4.92. The molecule has 2 N–H and O–H groups in total. The van der Waals surface area contributed by atoms with Crippen molar-refractivity contribution in [3.63, 3.8) is 0 Å². The fraction of sp³-hybridized carbons (Fsp3) is 0.156. The Balaban J connectivity index is 1.58. The Bertz CT molecular complexity index is 1610. The Morgan fingerprint density at radius 3 is 2.24 bits per heavy atom. The number of aliphatic hydroxyl groups excluding tert-OH is 1. The first-order chi connectivity index (χ1) is 19.8. The summed E-state index contributed by atoms with van der Waals surface area (Å²) in [5, 5.41) is 13.1. The van der Waals surface area contributed by atoms with Gasteiger partial charge in [-0.2, -0.15) is 0 Å². The number of nitrogens with zero attached hydrogens (tertiary/aromatic N) is 2. The van der Waals surface area contributed by atoms with E-state index in [-0.39, 0.29) is 5.56 Å². The molecule has 1 aliphatic rings. The molecule has 0 aliphatic carbocycles. The Hall–Kier alpha value is -4.76.